The molecule has 5 nitrogen and oxygen atoms in total. The van der Waals surface area contributed by atoms with Crippen LogP contribution in [0.5, 0.6) is 0 Å². The van der Waals surface area contributed by atoms with Gasteiger partial charge >= 0.3 is 0 Å². The van der Waals surface area contributed by atoms with E-state index in [2.05, 4.69) is 37.3 Å². The van der Waals surface area contributed by atoms with Gasteiger partial charge in [-0.2, -0.15) is 5.10 Å². The highest BCUT2D eigenvalue weighted by Gasteiger charge is 2.33. The Balaban J connectivity index is 1.92. The largest absolute Gasteiger partial charge is 0.337 e. The molecule has 1 aliphatic carbocycles. The van der Waals surface area contributed by atoms with E-state index in [9.17, 15) is 4.79 Å². The molecule has 140 valence electrons. The van der Waals surface area contributed by atoms with E-state index in [1.54, 1.807) is 0 Å². The second-order valence-corrected chi connectivity index (χ2v) is 7.97. The van der Waals surface area contributed by atoms with Crippen LogP contribution in [0.15, 0.2) is 0 Å². The predicted octanol–water partition coefficient (Wildman–Crippen LogP) is 2.97. The van der Waals surface area contributed by atoms with Gasteiger partial charge in [-0.1, -0.05) is 27.7 Å². The number of likely N-dealkylation sites (tertiary alicyclic amines) is 1. The van der Waals surface area contributed by atoms with Crippen molar-refractivity contribution in [2.45, 2.75) is 72.4 Å². The quantitative estimate of drug-likeness (QED) is 0.795. The smallest absolute Gasteiger partial charge is 0.274 e. The summed E-state index contributed by atoms with van der Waals surface area (Å²) in [6.07, 6.45) is 5.45. The zero-order chi connectivity index (χ0) is 18.0. The molecule has 1 aromatic rings. The normalized spacial score (nSPS) is 20.6. The van der Waals surface area contributed by atoms with E-state index in [0.29, 0.717) is 12.0 Å². The van der Waals surface area contributed by atoms with Crippen molar-refractivity contribution in [3.63, 3.8) is 0 Å². The van der Waals surface area contributed by atoms with Crippen LogP contribution in [0.3, 0.4) is 0 Å². The van der Waals surface area contributed by atoms with E-state index >= 15 is 0 Å². The van der Waals surface area contributed by atoms with Crippen molar-refractivity contribution in [2.24, 2.45) is 5.92 Å². The highest BCUT2D eigenvalue weighted by atomic mass is 16.2. The highest BCUT2D eigenvalue weighted by Crippen LogP contribution is 2.29. The van der Waals surface area contributed by atoms with Crippen molar-refractivity contribution in [3.05, 3.63) is 17.0 Å². The molecule has 25 heavy (non-hydrogen) atoms. The van der Waals surface area contributed by atoms with Crippen molar-refractivity contribution in [3.8, 4) is 0 Å². The Hall–Kier alpha value is -1.36. The summed E-state index contributed by atoms with van der Waals surface area (Å²) in [4.78, 5) is 17.6. The van der Waals surface area contributed by atoms with E-state index in [-0.39, 0.29) is 5.91 Å². The fraction of sp³-hybridized carbons (Fsp3) is 0.800. The van der Waals surface area contributed by atoms with Crippen LogP contribution in [-0.2, 0) is 19.4 Å². The van der Waals surface area contributed by atoms with E-state index in [1.165, 1.54) is 17.7 Å². The van der Waals surface area contributed by atoms with Crippen LogP contribution in [0.4, 0.5) is 0 Å². The summed E-state index contributed by atoms with van der Waals surface area (Å²) in [7, 11) is 0. The SMILES string of the molecule is CCN(CC)[C@H]1CCc2c(c(C(=O)N3CCCC3)nn2CC(C)C)C1. The lowest BCUT2D eigenvalue weighted by molar-refractivity contribution is 0.0784. The van der Waals surface area contributed by atoms with E-state index in [1.807, 2.05) is 4.90 Å². The van der Waals surface area contributed by atoms with Gasteiger partial charge in [-0.3, -0.25) is 9.48 Å². The maximum absolute atomic E-state index is 13.1. The average Bonchev–Trinajstić information content (AvgIpc) is 3.23. The van der Waals surface area contributed by atoms with Crippen molar-refractivity contribution >= 4 is 5.91 Å². The first kappa shape index (κ1) is 18.4. The monoisotopic (exact) mass is 346 g/mol. The lowest BCUT2D eigenvalue weighted by Gasteiger charge is -2.33. The first-order valence-corrected chi connectivity index (χ1v) is 10.2. The van der Waals surface area contributed by atoms with Crippen molar-refractivity contribution in [2.75, 3.05) is 26.2 Å². The standard InChI is InChI=1S/C20H34N4O/c1-5-22(6-2)16-9-10-18-17(13-16)19(21-24(18)14-15(3)4)20(25)23-11-7-8-12-23/h15-16H,5-14H2,1-4H3/t16-/m0/s1. The topological polar surface area (TPSA) is 41.4 Å². The van der Waals surface area contributed by atoms with Gasteiger partial charge in [0.1, 0.15) is 0 Å². The second-order valence-electron chi connectivity index (χ2n) is 7.97. The third-order valence-corrected chi connectivity index (χ3v) is 5.78. The molecule has 0 spiro atoms. The molecule has 0 aromatic carbocycles. The summed E-state index contributed by atoms with van der Waals surface area (Å²) < 4.78 is 2.14. The van der Waals surface area contributed by atoms with Gasteiger partial charge in [0.15, 0.2) is 5.69 Å². The fourth-order valence-electron chi connectivity index (χ4n) is 4.46. The Kier molecular flexibility index (Phi) is 5.82. The lowest BCUT2D eigenvalue weighted by atomic mass is 9.90. The number of amides is 1. The number of carbonyl (C=O) groups is 1. The van der Waals surface area contributed by atoms with Gasteiger partial charge in [-0.25, -0.2) is 0 Å². The Labute approximate surface area is 152 Å². The summed E-state index contributed by atoms with van der Waals surface area (Å²) >= 11 is 0. The van der Waals surface area contributed by atoms with E-state index in [4.69, 9.17) is 5.10 Å². The Morgan fingerprint density at radius 2 is 1.92 bits per heavy atom. The van der Waals surface area contributed by atoms with Gasteiger partial charge in [0, 0.05) is 36.9 Å². The lowest BCUT2D eigenvalue weighted by Crippen LogP contribution is -2.40. The molecule has 1 amide bonds. The number of likely N-dealkylation sites (N-methyl/N-ethyl adjacent to an activating group) is 1. The number of nitrogens with zero attached hydrogens (tertiary/aromatic N) is 4. The van der Waals surface area contributed by atoms with Crippen LogP contribution in [0, 0.1) is 5.92 Å². The molecular formula is C20H34N4O. The number of carbonyl (C=O) groups excluding carboxylic acids is 1. The molecule has 5 heteroatoms. The van der Waals surface area contributed by atoms with E-state index in [0.717, 1.165) is 64.1 Å². The highest BCUT2D eigenvalue weighted by molar-refractivity contribution is 5.94. The number of rotatable bonds is 6. The Morgan fingerprint density at radius 1 is 1.24 bits per heavy atom. The Morgan fingerprint density at radius 3 is 2.52 bits per heavy atom. The molecule has 0 N–H and O–H groups in total. The van der Waals surface area contributed by atoms with Gasteiger partial charge in [0.05, 0.1) is 0 Å². The summed E-state index contributed by atoms with van der Waals surface area (Å²) in [5.41, 5.74) is 3.30. The van der Waals surface area contributed by atoms with Crippen LogP contribution < -0.4 is 0 Å². The Bertz CT molecular complexity index is 597. The predicted molar refractivity (Wildman–Crippen MR) is 101 cm³/mol. The molecule has 1 aromatic heterocycles. The first-order valence-electron chi connectivity index (χ1n) is 10.2. The average molecular weight is 347 g/mol. The zero-order valence-electron chi connectivity index (χ0n) is 16.4. The van der Waals surface area contributed by atoms with Crippen LogP contribution >= 0.6 is 0 Å². The molecule has 1 fully saturated rings. The summed E-state index contributed by atoms with van der Waals surface area (Å²) in [5, 5.41) is 4.83. The zero-order valence-corrected chi connectivity index (χ0v) is 16.4. The first-order chi connectivity index (χ1) is 12.0. The molecule has 3 rings (SSSR count). The molecule has 0 bridgehead atoms. The van der Waals surface area contributed by atoms with E-state index < -0.39 is 0 Å². The molecule has 1 aliphatic heterocycles. The molecule has 1 saturated heterocycles. The summed E-state index contributed by atoms with van der Waals surface area (Å²) in [6, 6.07) is 0.546. The van der Waals surface area contributed by atoms with Gasteiger partial charge in [-0.15, -0.1) is 0 Å². The van der Waals surface area contributed by atoms with Gasteiger partial charge in [-0.05, 0) is 51.1 Å². The molecule has 0 unspecified atom stereocenters. The van der Waals surface area contributed by atoms with Crippen LogP contribution in [0.2, 0.25) is 0 Å². The van der Waals surface area contributed by atoms with Crippen molar-refractivity contribution in [1.29, 1.82) is 0 Å². The molecule has 1 atom stereocenters. The van der Waals surface area contributed by atoms with Crippen LogP contribution in [0.25, 0.3) is 0 Å². The number of hydrogen-bond donors (Lipinski definition) is 0. The van der Waals surface area contributed by atoms with Crippen molar-refractivity contribution in [1.82, 2.24) is 19.6 Å². The number of fused-ring (bicyclic) bond motifs is 1. The number of aromatic nitrogens is 2. The van der Waals surface area contributed by atoms with Crippen LogP contribution in [-0.4, -0.2) is 57.7 Å². The minimum absolute atomic E-state index is 0.163. The molecular weight excluding hydrogens is 312 g/mol. The maximum Gasteiger partial charge on any atom is 0.274 e. The fourth-order valence-corrected chi connectivity index (χ4v) is 4.46. The van der Waals surface area contributed by atoms with Gasteiger partial charge in [0.25, 0.3) is 5.91 Å². The van der Waals surface area contributed by atoms with Gasteiger partial charge < -0.3 is 9.80 Å². The van der Waals surface area contributed by atoms with Gasteiger partial charge in [0.2, 0.25) is 0 Å². The molecule has 0 radical (unpaired) electrons. The molecule has 0 saturated carbocycles. The van der Waals surface area contributed by atoms with Crippen molar-refractivity contribution < 1.29 is 4.79 Å². The summed E-state index contributed by atoms with van der Waals surface area (Å²) in [5.74, 6) is 0.704. The third-order valence-electron chi connectivity index (χ3n) is 5.78. The minimum Gasteiger partial charge on any atom is -0.337 e. The summed E-state index contributed by atoms with van der Waals surface area (Å²) in [6.45, 7) is 13.8. The third kappa shape index (κ3) is 3.76. The molecule has 2 heterocycles. The molecule has 2 aliphatic rings. The van der Waals surface area contributed by atoms with Crippen LogP contribution in [0.1, 0.15) is 68.7 Å². The maximum atomic E-state index is 13.1. The minimum atomic E-state index is 0.163. The number of hydrogen-bond acceptors (Lipinski definition) is 3. The second kappa shape index (κ2) is 7.90.